The van der Waals surface area contributed by atoms with Crippen molar-refractivity contribution in [3.63, 3.8) is 0 Å². The molecule has 1 aliphatic heterocycles. The van der Waals surface area contributed by atoms with Crippen LogP contribution in [-0.4, -0.2) is 45.8 Å². The van der Waals surface area contributed by atoms with E-state index in [0.717, 1.165) is 12.1 Å². The number of nitrogens with one attached hydrogen (secondary N) is 1. The van der Waals surface area contributed by atoms with Crippen LogP contribution in [0.15, 0.2) is 29.2 Å². The number of sulfonamides is 1. The number of halogens is 3. The molecule has 1 atom stereocenters. The molecule has 1 aliphatic rings. The summed E-state index contributed by atoms with van der Waals surface area (Å²) in [6, 6.07) is 4.80. The molecule has 1 aromatic rings. The maximum Gasteiger partial charge on any atom is 0.573 e. The van der Waals surface area contributed by atoms with Crippen LogP contribution in [0.5, 0.6) is 5.75 Å². The Morgan fingerprint density at radius 2 is 2.05 bits per heavy atom. The lowest BCUT2D eigenvalue weighted by Gasteiger charge is -2.19. The molecule has 0 unspecified atom stereocenters. The van der Waals surface area contributed by atoms with Gasteiger partial charge in [0.1, 0.15) is 10.6 Å². The topological polar surface area (TPSA) is 58.6 Å². The third kappa shape index (κ3) is 3.90. The van der Waals surface area contributed by atoms with Gasteiger partial charge in [0, 0.05) is 13.1 Å². The molecule has 0 bridgehead atoms. The molecular formula is C13H17F3N2O3S. The van der Waals surface area contributed by atoms with E-state index in [1.807, 2.05) is 0 Å². The number of alkyl halides is 3. The zero-order valence-electron chi connectivity index (χ0n) is 11.9. The van der Waals surface area contributed by atoms with E-state index in [2.05, 4.69) is 10.1 Å². The molecule has 5 nitrogen and oxygen atoms in total. The number of benzene rings is 1. The van der Waals surface area contributed by atoms with Crippen LogP contribution >= 0.6 is 0 Å². The largest absolute Gasteiger partial charge is 0.573 e. The van der Waals surface area contributed by atoms with Crippen molar-refractivity contribution in [1.29, 1.82) is 0 Å². The lowest BCUT2D eigenvalue weighted by molar-refractivity contribution is -0.275. The predicted octanol–water partition coefficient (Wildman–Crippen LogP) is 1.82. The van der Waals surface area contributed by atoms with Crippen molar-refractivity contribution in [2.24, 2.45) is 5.92 Å². The monoisotopic (exact) mass is 338 g/mol. The molecule has 1 saturated heterocycles. The average molecular weight is 338 g/mol. The molecule has 0 spiro atoms. The Balaban J connectivity index is 2.27. The normalized spacial score (nSPS) is 20.3. The molecule has 1 heterocycles. The molecule has 0 aromatic heterocycles. The summed E-state index contributed by atoms with van der Waals surface area (Å²) in [4.78, 5) is -0.461. The van der Waals surface area contributed by atoms with Crippen molar-refractivity contribution < 1.29 is 26.3 Å². The van der Waals surface area contributed by atoms with E-state index in [4.69, 9.17) is 0 Å². The van der Waals surface area contributed by atoms with E-state index in [-0.39, 0.29) is 19.0 Å². The molecule has 2 rings (SSSR count). The average Bonchev–Trinajstić information content (AvgIpc) is 2.87. The summed E-state index contributed by atoms with van der Waals surface area (Å²) in [5.74, 6) is -0.553. The molecule has 0 aliphatic carbocycles. The van der Waals surface area contributed by atoms with Gasteiger partial charge in [-0.1, -0.05) is 12.1 Å². The molecule has 1 aromatic carbocycles. The highest BCUT2D eigenvalue weighted by Crippen LogP contribution is 2.33. The van der Waals surface area contributed by atoms with Crippen molar-refractivity contribution >= 4 is 10.0 Å². The standard InChI is InChI=1S/C13H17F3N2O3S/c1-17-8-10-6-7-18(9-10)22(19,20)12-5-3-2-4-11(12)21-13(14,15)16/h2-5,10,17H,6-9H2,1H3/t10-/m1/s1. The van der Waals surface area contributed by atoms with Crippen LogP contribution < -0.4 is 10.1 Å². The fourth-order valence-corrected chi connectivity index (χ4v) is 4.13. The summed E-state index contributed by atoms with van der Waals surface area (Å²) < 4.78 is 67.4. The Labute approximate surface area is 127 Å². The van der Waals surface area contributed by atoms with Gasteiger partial charge in [-0.25, -0.2) is 8.42 Å². The first kappa shape index (κ1) is 17.0. The fourth-order valence-electron chi connectivity index (χ4n) is 2.48. The molecule has 9 heteroatoms. The molecule has 1 N–H and O–H groups in total. The molecular weight excluding hydrogens is 321 g/mol. The number of hydrogen-bond donors (Lipinski definition) is 1. The van der Waals surface area contributed by atoms with Crippen LogP contribution in [0.3, 0.4) is 0 Å². The van der Waals surface area contributed by atoms with Gasteiger partial charge in [-0.2, -0.15) is 4.31 Å². The number of rotatable bonds is 5. The van der Waals surface area contributed by atoms with E-state index in [9.17, 15) is 21.6 Å². The van der Waals surface area contributed by atoms with Gasteiger partial charge in [0.2, 0.25) is 10.0 Å². The highest BCUT2D eigenvalue weighted by atomic mass is 32.2. The molecule has 0 amide bonds. The Hall–Kier alpha value is -1.32. The lowest BCUT2D eigenvalue weighted by Crippen LogP contribution is -2.31. The first-order chi connectivity index (χ1) is 10.2. The quantitative estimate of drug-likeness (QED) is 0.890. The van der Waals surface area contributed by atoms with Gasteiger partial charge < -0.3 is 10.1 Å². The maximum absolute atomic E-state index is 12.5. The summed E-state index contributed by atoms with van der Waals surface area (Å²) in [6.07, 6.45) is -4.27. The van der Waals surface area contributed by atoms with Crippen molar-refractivity contribution in [3.05, 3.63) is 24.3 Å². The Kier molecular flexibility index (Phi) is 4.98. The molecule has 22 heavy (non-hydrogen) atoms. The third-order valence-corrected chi connectivity index (χ3v) is 5.34. The van der Waals surface area contributed by atoms with E-state index >= 15 is 0 Å². The van der Waals surface area contributed by atoms with E-state index in [1.54, 1.807) is 7.05 Å². The van der Waals surface area contributed by atoms with E-state index in [1.165, 1.54) is 16.4 Å². The number of hydrogen-bond acceptors (Lipinski definition) is 4. The number of nitrogens with zero attached hydrogens (tertiary/aromatic N) is 1. The highest BCUT2D eigenvalue weighted by Gasteiger charge is 2.37. The second-order valence-electron chi connectivity index (χ2n) is 5.07. The number of para-hydroxylation sites is 1. The van der Waals surface area contributed by atoms with Gasteiger partial charge in [-0.3, -0.25) is 0 Å². The lowest BCUT2D eigenvalue weighted by atomic mass is 10.1. The van der Waals surface area contributed by atoms with E-state index in [0.29, 0.717) is 13.0 Å². The predicted molar refractivity (Wildman–Crippen MR) is 73.9 cm³/mol. The van der Waals surface area contributed by atoms with Gasteiger partial charge in [0.15, 0.2) is 0 Å². The van der Waals surface area contributed by atoms with Gasteiger partial charge in [0.25, 0.3) is 0 Å². The SMILES string of the molecule is CNC[C@H]1CCN(S(=O)(=O)c2ccccc2OC(F)(F)F)C1. The second-order valence-corrected chi connectivity index (χ2v) is 6.98. The minimum atomic E-state index is -4.94. The first-order valence-electron chi connectivity index (χ1n) is 6.73. The fraction of sp³-hybridized carbons (Fsp3) is 0.538. The van der Waals surface area contributed by atoms with Crippen LogP contribution in [0.2, 0.25) is 0 Å². The molecule has 124 valence electrons. The highest BCUT2D eigenvalue weighted by molar-refractivity contribution is 7.89. The minimum Gasteiger partial charge on any atom is -0.404 e. The van der Waals surface area contributed by atoms with Crippen LogP contribution in [0.25, 0.3) is 0 Å². The summed E-state index contributed by atoms with van der Waals surface area (Å²) in [6.45, 7) is 1.23. The van der Waals surface area contributed by atoms with Crippen molar-refractivity contribution in [1.82, 2.24) is 9.62 Å². The molecule has 0 saturated carbocycles. The van der Waals surface area contributed by atoms with Gasteiger partial charge >= 0.3 is 6.36 Å². The second kappa shape index (κ2) is 6.43. The van der Waals surface area contributed by atoms with Gasteiger partial charge in [0.05, 0.1) is 0 Å². The summed E-state index contributed by atoms with van der Waals surface area (Å²) >= 11 is 0. The van der Waals surface area contributed by atoms with Crippen LogP contribution in [-0.2, 0) is 10.0 Å². The van der Waals surface area contributed by atoms with Crippen LogP contribution in [0.4, 0.5) is 13.2 Å². The Morgan fingerprint density at radius 1 is 1.36 bits per heavy atom. The van der Waals surface area contributed by atoms with Crippen LogP contribution in [0.1, 0.15) is 6.42 Å². The molecule has 0 radical (unpaired) electrons. The zero-order chi connectivity index (χ0) is 16.4. The number of ether oxygens (including phenoxy) is 1. The maximum atomic E-state index is 12.5. The Morgan fingerprint density at radius 3 is 2.68 bits per heavy atom. The van der Waals surface area contributed by atoms with Crippen molar-refractivity contribution in [2.45, 2.75) is 17.7 Å². The summed E-state index contributed by atoms with van der Waals surface area (Å²) in [7, 11) is -2.24. The summed E-state index contributed by atoms with van der Waals surface area (Å²) in [5.41, 5.74) is 0. The van der Waals surface area contributed by atoms with Gasteiger partial charge in [-0.15, -0.1) is 13.2 Å². The zero-order valence-corrected chi connectivity index (χ0v) is 12.7. The first-order valence-corrected chi connectivity index (χ1v) is 8.17. The van der Waals surface area contributed by atoms with Gasteiger partial charge in [-0.05, 0) is 38.1 Å². The van der Waals surface area contributed by atoms with E-state index < -0.39 is 27.0 Å². The minimum absolute atomic E-state index is 0.149. The Bertz CT molecular complexity index is 619. The smallest absolute Gasteiger partial charge is 0.404 e. The van der Waals surface area contributed by atoms with Crippen molar-refractivity contribution in [3.8, 4) is 5.75 Å². The molecule has 1 fully saturated rings. The van der Waals surface area contributed by atoms with Crippen LogP contribution in [0, 0.1) is 5.92 Å². The summed E-state index contributed by atoms with van der Waals surface area (Å²) in [5, 5.41) is 2.97. The van der Waals surface area contributed by atoms with Crippen molar-refractivity contribution in [2.75, 3.05) is 26.7 Å². The third-order valence-electron chi connectivity index (χ3n) is 3.43.